The van der Waals surface area contributed by atoms with E-state index in [1.165, 1.54) is 28.5 Å². The molecule has 2 nitrogen and oxygen atoms in total. The molecule has 0 radical (unpaired) electrons. The number of benzene rings is 1. The van der Waals surface area contributed by atoms with E-state index in [1.54, 1.807) is 0 Å². The van der Waals surface area contributed by atoms with E-state index < -0.39 is 0 Å². The molecule has 0 saturated heterocycles. The number of rotatable bonds is 3. The fourth-order valence-electron chi connectivity index (χ4n) is 1.63. The zero-order valence-electron chi connectivity index (χ0n) is 8.09. The Labute approximate surface area is 98.4 Å². The summed E-state index contributed by atoms with van der Waals surface area (Å²) in [6.45, 7) is 1.11. The maximum Gasteiger partial charge on any atom is 0.0477 e. The van der Waals surface area contributed by atoms with Crippen molar-refractivity contribution in [2.24, 2.45) is 5.92 Å². The SMILES string of the molecule is Nc1ccc(NCC2CCC2)c(I)c1. The van der Waals surface area contributed by atoms with Gasteiger partial charge < -0.3 is 11.1 Å². The normalized spacial score (nSPS) is 16.4. The van der Waals surface area contributed by atoms with E-state index in [0.29, 0.717) is 0 Å². The molecule has 3 N–H and O–H groups in total. The number of nitrogens with two attached hydrogens (primary N) is 1. The smallest absolute Gasteiger partial charge is 0.0477 e. The molecule has 1 aromatic carbocycles. The third kappa shape index (κ3) is 2.32. The topological polar surface area (TPSA) is 38.0 Å². The summed E-state index contributed by atoms with van der Waals surface area (Å²) in [7, 11) is 0. The van der Waals surface area contributed by atoms with Gasteiger partial charge in [-0.1, -0.05) is 6.42 Å². The van der Waals surface area contributed by atoms with Gasteiger partial charge in [-0.25, -0.2) is 0 Å². The van der Waals surface area contributed by atoms with Gasteiger partial charge in [0.25, 0.3) is 0 Å². The van der Waals surface area contributed by atoms with Crippen molar-refractivity contribution in [1.82, 2.24) is 0 Å². The van der Waals surface area contributed by atoms with Crippen molar-refractivity contribution in [2.45, 2.75) is 19.3 Å². The van der Waals surface area contributed by atoms with Crippen LogP contribution in [0.3, 0.4) is 0 Å². The van der Waals surface area contributed by atoms with Crippen LogP contribution < -0.4 is 11.1 Å². The number of nitrogens with one attached hydrogen (secondary N) is 1. The van der Waals surface area contributed by atoms with Gasteiger partial charge in [0.1, 0.15) is 0 Å². The fourth-order valence-corrected chi connectivity index (χ4v) is 2.36. The highest BCUT2D eigenvalue weighted by molar-refractivity contribution is 14.1. The number of hydrogen-bond acceptors (Lipinski definition) is 2. The van der Waals surface area contributed by atoms with Gasteiger partial charge >= 0.3 is 0 Å². The molecule has 0 spiro atoms. The standard InChI is InChI=1S/C11H15IN2/c12-10-6-9(13)4-5-11(10)14-7-8-2-1-3-8/h4-6,8,14H,1-3,7,13H2. The number of halogens is 1. The average molecular weight is 302 g/mol. The first kappa shape index (κ1) is 10.1. The average Bonchev–Trinajstić information content (AvgIpc) is 2.05. The zero-order valence-corrected chi connectivity index (χ0v) is 10.3. The van der Waals surface area contributed by atoms with Gasteiger partial charge in [-0.3, -0.25) is 0 Å². The van der Waals surface area contributed by atoms with E-state index >= 15 is 0 Å². The van der Waals surface area contributed by atoms with Crippen LogP contribution in [0.2, 0.25) is 0 Å². The molecule has 2 rings (SSSR count). The molecule has 1 fully saturated rings. The first-order chi connectivity index (χ1) is 6.75. The number of hydrogen-bond donors (Lipinski definition) is 2. The fraction of sp³-hybridized carbons (Fsp3) is 0.455. The lowest BCUT2D eigenvalue weighted by molar-refractivity contribution is 0.333. The minimum atomic E-state index is 0.837. The molecule has 0 aromatic heterocycles. The molecule has 1 saturated carbocycles. The molecule has 0 unspecified atom stereocenters. The van der Waals surface area contributed by atoms with Crippen LogP contribution >= 0.6 is 22.6 Å². The lowest BCUT2D eigenvalue weighted by Crippen LogP contribution is -2.21. The molecule has 1 aliphatic carbocycles. The highest BCUT2D eigenvalue weighted by atomic mass is 127. The highest BCUT2D eigenvalue weighted by Gasteiger charge is 2.16. The molecule has 76 valence electrons. The van der Waals surface area contributed by atoms with Crippen molar-refractivity contribution in [3.63, 3.8) is 0 Å². The van der Waals surface area contributed by atoms with Crippen molar-refractivity contribution in [3.8, 4) is 0 Å². The summed E-state index contributed by atoms with van der Waals surface area (Å²) in [5.74, 6) is 0.892. The van der Waals surface area contributed by atoms with Crippen molar-refractivity contribution in [2.75, 3.05) is 17.6 Å². The molecule has 1 aliphatic rings. The van der Waals surface area contributed by atoms with Gasteiger partial charge in [0.05, 0.1) is 0 Å². The van der Waals surface area contributed by atoms with E-state index in [0.717, 1.165) is 18.2 Å². The summed E-state index contributed by atoms with van der Waals surface area (Å²) >= 11 is 2.32. The first-order valence-electron chi connectivity index (χ1n) is 5.04. The Balaban J connectivity index is 1.94. The molecule has 0 aliphatic heterocycles. The second-order valence-corrected chi connectivity index (χ2v) is 5.08. The van der Waals surface area contributed by atoms with E-state index in [4.69, 9.17) is 5.73 Å². The summed E-state index contributed by atoms with van der Waals surface area (Å²) in [6.07, 6.45) is 4.18. The van der Waals surface area contributed by atoms with E-state index in [9.17, 15) is 0 Å². The minimum Gasteiger partial charge on any atom is -0.399 e. The Kier molecular flexibility index (Phi) is 3.15. The summed E-state index contributed by atoms with van der Waals surface area (Å²) in [5, 5.41) is 3.48. The van der Waals surface area contributed by atoms with Crippen LogP contribution in [0, 0.1) is 9.49 Å². The molecule has 0 bridgehead atoms. The third-order valence-corrected chi connectivity index (χ3v) is 3.69. The van der Waals surface area contributed by atoms with Crippen molar-refractivity contribution in [3.05, 3.63) is 21.8 Å². The molecule has 14 heavy (non-hydrogen) atoms. The molecule has 0 amide bonds. The lowest BCUT2D eigenvalue weighted by Gasteiger charge is -2.26. The van der Waals surface area contributed by atoms with Gasteiger partial charge in [0.2, 0.25) is 0 Å². The first-order valence-corrected chi connectivity index (χ1v) is 6.12. The predicted molar refractivity (Wildman–Crippen MR) is 69.4 cm³/mol. The van der Waals surface area contributed by atoms with Crippen LogP contribution in [-0.4, -0.2) is 6.54 Å². The monoisotopic (exact) mass is 302 g/mol. The quantitative estimate of drug-likeness (QED) is 0.665. The second kappa shape index (κ2) is 4.38. The van der Waals surface area contributed by atoms with Crippen LogP contribution in [0.1, 0.15) is 19.3 Å². The Bertz CT molecular complexity index is 321. The second-order valence-electron chi connectivity index (χ2n) is 3.92. The number of anilines is 2. The van der Waals surface area contributed by atoms with Gasteiger partial charge in [0, 0.05) is 21.5 Å². The molecule has 1 aromatic rings. The molecule has 0 atom stereocenters. The summed E-state index contributed by atoms with van der Waals surface area (Å²) < 4.78 is 1.21. The Hall–Kier alpha value is -0.450. The molecular weight excluding hydrogens is 287 g/mol. The Morgan fingerprint density at radius 3 is 2.79 bits per heavy atom. The van der Waals surface area contributed by atoms with Crippen molar-refractivity contribution >= 4 is 34.0 Å². The molecule has 0 heterocycles. The Morgan fingerprint density at radius 2 is 2.21 bits per heavy atom. The highest BCUT2D eigenvalue weighted by Crippen LogP contribution is 2.27. The summed E-state index contributed by atoms with van der Waals surface area (Å²) in [4.78, 5) is 0. The van der Waals surface area contributed by atoms with Gasteiger partial charge in [-0.05, 0) is 59.5 Å². The minimum absolute atomic E-state index is 0.837. The van der Waals surface area contributed by atoms with E-state index in [2.05, 4.69) is 34.0 Å². The Morgan fingerprint density at radius 1 is 1.43 bits per heavy atom. The van der Waals surface area contributed by atoms with Crippen molar-refractivity contribution < 1.29 is 0 Å². The maximum atomic E-state index is 5.69. The predicted octanol–water partition coefficient (Wildman–Crippen LogP) is 3.09. The third-order valence-electron chi connectivity index (χ3n) is 2.80. The van der Waals surface area contributed by atoms with Gasteiger partial charge in [-0.15, -0.1) is 0 Å². The van der Waals surface area contributed by atoms with E-state index in [-0.39, 0.29) is 0 Å². The molecular formula is C11H15IN2. The van der Waals surface area contributed by atoms with Crippen LogP contribution in [0.15, 0.2) is 18.2 Å². The van der Waals surface area contributed by atoms with Gasteiger partial charge in [-0.2, -0.15) is 0 Å². The van der Waals surface area contributed by atoms with Gasteiger partial charge in [0.15, 0.2) is 0 Å². The maximum absolute atomic E-state index is 5.69. The van der Waals surface area contributed by atoms with Crippen LogP contribution in [0.5, 0.6) is 0 Å². The summed E-state index contributed by atoms with van der Waals surface area (Å²) in [6, 6.07) is 6.02. The van der Waals surface area contributed by atoms with Crippen molar-refractivity contribution in [1.29, 1.82) is 0 Å². The largest absolute Gasteiger partial charge is 0.399 e. The summed E-state index contributed by atoms with van der Waals surface area (Å²) in [5.41, 5.74) is 7.74. The lowest BCUT2D eigenvalue weighted by atomic mass is 9.85. The zero-order chi connectivity index (χ0) is 9.97. The number of nitrogen functional groups attached to an aromatic ring is 1. The van der Waals surface area contributed by atoms with Crippen LogP contribution in [0.4, 0.5) is 11.4 Å². The van der Waals surface area contributed by atoms with Crippen LogP contribution in [0.25, 0.3) is 0 Å². The van der Waals surface area contributed by atoms with Crippen LogP contribution in [-0.2, 0) is 0 Å². The molecule has 3 heteroatoms. The van der Waals surface area contributed by atoms with E-state index in [1.807, 2.05) is 12.1 Å².